The van der Waals surface area contributed by atoms with E-state index in [4.69, 9.17) is 21.1 Å². The lowest BCUT2D eigenvalue weighted by Gasteiger charge is -2.43. The number of hydrogen-bond acceptors (Lipinski definition) is 6. The van der Waals surface area contributed by atoms with Gasteiger partial charge >= 0.3 is 0 Å². The van der Waals surface area contributed by atoms with E-state index in [0.717, 1.165) is 5.56 Å². The van der Waals surface area contributed by atoms with E-state index in [1.807, 2.05) is 17.0 Å². The number of benzene rings is 2. The molecule has 2 fully saturated rings. The Hall–Kier alpha value is -2.29. The summed E-state index contributed by atoms with van der Waals surface area (Å²) in [5, 5.41) is 0.505. The lowest BCUT2D eigenvalue weighted by atomic mass is 10.0. The SMILES string of the molecule is COc1ccc(CN2CC(=O)N(c3cccc(Cl)c3)[C@@H]3CS(=O)(=O)C[C@@H]32)cc1OC. The zero-order valence-electron chi connectivity index (χ0n) is 16.7. The standard InChI is InChI=1S/C21H23ClN2O5S/c1-28-19-7-6-14(8-20(19)29-2)10-23-11-21(25)24(16-5-3-4-15(22)9-16)18-13-30(26,27)12-17(18)23/h3-9,17-18H,10-13H2,1-2H3/t17-,18+/m0/s1. The van der Waals surface area contributed by atoms with Crippen LogP contribution in [0.15, 0.2) is 42.5 Å². The lowest BCUT2D eigenvalue weighted by molar-refractivity contribution is -0.123. The van der Waals surface area contributed by atoms with Crippen LogP contribution in [0.25, 0.3) is 0 Å². The molecule has 0 aromatic heterocycles. The molecule has 160 valence electrons. The Labute approximate surface area is 181 Å². The van der Waals surface area contributed by atoms with Gasteiger partial charge in [-0.1, -0.05) is 23.7 Å². The fraction of sp³-hybridized carbons (Fsp3) is 0.381. The fourth-order valence-electron chi connectivity index (χ4n) is 4.31. The van der Waals surface area contributed by atoms with Crippen LogP contribution in [-0.2, 0) is 21.2 Å². The van der Waals surface area contributed by atoms with Crippen molar-refractivity contribution in [1.29, 1.82) is 0 Å². The van der Waals surface area contributed by atoms with Crippen molar-refractivity contribution >= 4 is 33.0 Å². The van der Waals surface area contributed by atoms with Gasteiger partial charge in [-0.2, -0.15) is 0 Å². The van der Waals surface area contributed by atoms with Crippen molar-refractivity contribution in [3.63, 3.8) is 0 Å². The van der Waals surface area contributed by atoms with Gasteiger partial charge in [-0.3, -0.25) is 9.69 Å². The minimum atomic E-state index is -3.27. The molecule has 4 rings (SSSR count). The summed E-state index contributed by atoms with van der Waals surface area (Å²) in [6, 6.07) is 11.8. The predicted octanol–water partition coefficient (Wildman–Crippen LogP) is 2.37. The first kappa shape index (κ1) is 21.0. The summed E-state index contributed by atoms with van der Waals surface area (Å²) in [6.07, 6.45) is 0. The number of piperazine rings is 1. The Morgan fingerprint density at radius 1 is 1.03 bits per heavy atom. The van der Waals surface area contributed by atoms with Crippen molar-refractivity contribution in [2.75, 3.05) is 37.2 Å². The summed E-state index contributed by atoms with van der Waals surface area (Å²) in [5.41, 5.74) is 1.55. The summed E-state index contributed by atoms with van der Waals surface area (Å²) in [4.78, 5) is 16.6. The Morgan fingerprint density at radius 3 is 2.47 bits per heavy atom. The van der Waals surface area contributed by atoms with Gasteiger partial charge in [-0.05, 0) is 35.9 Å². The van der Waals surface area contributed by atoms with Gasteiger partial charge in [0.2, 0.25) is 5.91 Å². The van der Waals surface area contributed by atoms with Gasteiger partial charge in [0.15, 0.2) is 21.3 Å². The van der Waals surface area contributed by atoms with Gasteiger partial charge in [0, 0.05) is 23.3 Å². The molecule has 0 saturated carbocycles. The van der Waals surface area contributed by atoms with Crippen LogP contribution < -0.4 is 14.4 Å². The second kappa shape index (κ2) is 8.09. The first-order valence-corrected chi connectivity index (χ1v) is 11.7. The minimum Gasteiger partial charge on any atom is -0.493 e. The maximum absolute atomic E-state index is 13.1. The molecule has 2 aromatic rings. The first-order valence-electron chi connectivity index (χ1n) is 9.54. The van der Waals surface area contributed by atoms with Gasteiger partial charge in [0.1, 0.15) is 0 Å². The van der Waals surface area contributed by atoms with Crippen LogP contribution in [0.2, 0.25) is 5.02 Å². The van der Waals surface area contributed by atoms with Crippen molar-refractivity contribution in [3.8, 4) is 11.5 Å². The number of ether oxygens (including phenoxy) is 2. The third kappa shape index (κ3) is 3.99. The van der Waals surface area contributed by atoms with Crippen molar-refractivity contribution < 1.29 is 22.7 Å². The minimum absolute atomic E-state index is 0.0231. The van der Waals surface area contributed by atoms with Crippen LogP contribution in [0, 0.1) is 0 Å². The van der Waals surface area contributed by atoms with Crippen molar-refractivity contribution in [1.82, 2.24) is 4.90 Å². The lowest BCUT2D eigenvalue weighted by Crippen LogP contribution is -2.61. The zero-order chi connectivity index (χ0) is 21.5. The van der Waals surface area contributed by atoms with E-state index in [9.17, 15) is 13.2 Å². The summed E-state index contributed by atoms with van der Waals surface area (Å²) >= 11 is 6.11. The largest absolute Gasteiger partial charge is 0.493 e. The Morgan fingerprint density at radius 2 is 1.77 bits per heavy atom. The topological polar surface area (TPSA) is 76.2 Å². The second-order valence-corrected chi connectivity index (χ2v) is 10.1. The number of nitrogens with zero attached hydrogens (tertiary/aromatic N) is 2. The second-order valence-electron chi connectivity index (χ2n) is 7.55. The molecule has 0 unspecified atom stereocenters. The van der Waals surface area contributed by atoms with Crippen LogP contribution in [0.1, 0.15) is 5.56 Å². The molecule has 7 nitrogen and oxygen atoms in total. The van der Waals surface area contributed by atoms with Crippen LogP contribution in [-0.4, -0.2) is 63.6 Å². The number of halogens is 1. The van der Waals surface area contributed by atoms with Gasteiger partial charge in [-0.25, -0.2) is 8.42 Å². The van der Waals surface area contributed by atoms with E-state index in [0.29, 0.717) is 28.8 Å². The van der Waals surface area contributed by atoms with Crippen LogP contribution >= 0.6 is 11.6 Å². The third-order valence-electron chi connectivity index (χ3n) is 5.62. The molecule has 2 saturated heterocycles. The van der Waals surface area contributed by atoms with E-state index < -0.39 is 15.9 Å². The number of sulfone groups is 1. The normalized spacial score (nSPS) is 23.3. The number of carbonyl (C=O) groups is 1. The maximum atomic E-state index is 13.1. The number of fused-ring (bicyclic) bond motifs is 1. The van der Waals surface area contributed by atoms with Gasteiger partial charge in [0.05, 0.1) is 38.3 Å². The predicted molar refractivity (Wildman–Crippen MR) is 115 cm³/mol. The number of rotatable bonds is 5. The summed E-state index contributed by atoms with van der Waals surface area (Å²) in [6.45, 7) is 0.559. The molecule has 2 aliphatic heterocycles. The van der Waals surface area contributed by atoms with Crippen LogP contribution in [0.3, 0.4) is 0 Å². The number of hydrogen-bond donors (Lipinski definition) is 0. The number of anilines is 1. The summed E-state index contributed by atoms with van der Waals surface area (Å²) in [7, 11) is -0.133. The summed E-state index contributed by atoms with van der Waals surface area (Å²) in [5.74, 6) is 1.03. The highest BCUT2D eigenvalue weighted by Crippen LogP contribution is 2.34. The Bertz CT molecular complexity index is 1070. The molecule has 2 aromatic carbocycles. The molecule has 2 heterocycles. The molecule has 1 amide bonds. The van der Waals surface area contributed by atoms with Gasteiger partial charge in [0.25, 0.3) is 0 Å². The van der Waals surface area contributed by atoms with E-state index >= 15 is 0 Å². The number of methoxy groups -OCH3 is 2. The maximum Gasteiger partial charge on any atom is 0.241 e. The quantitative estimate of drug-likeness (QED) is 0.696. The average Bonchev–Trinajstić information content (AvgIpc) is 3.03. The van der Waals surface area contributed by atoms with Crippen molar-refractivity contribution in [2.24, 2.45) is 0 Å². The van der Waals surface area contributed by atoms with E-state index in [1.165, 1.54) is 0 Å². The van der Waals surface area contributed by atoms with Crippen LogP contribution in [0.5, 0.6) is 11.5 Å². The smallest absolute Gasteiger partial charge is 0.241 e. The number of carbonyl (C=O) groups excluding carboxylic acids is 1. The molecule has 0 spiro atoms. The van der Waals surface area contributed by atoms with E-state index in [1.54, 1.807) is 49.5 Å². The molecule has 0 radical (unpaired) electrons. The van der Waals surface area contributed by atoms with Crippen molar-refractivity contribution in [2.45, 2.75) is 18.6 Å². The molecule has 9 heteroatoms. The average molecular weight is 451 g/mol. The Balaban J connectivity index is 1.65. The molecular formula is C21H23ClN2O5S. The fourth-order valence-corrected chi connectivity index (χ4v) is 6.47. The van der Waals surface area contributed by atoms with E-state index in [-0.39, 0.29) is 30.0 Å². The molecule has 0 aliphatic carbocycles. The van der Waals surface area contributed by atoms with Crippen molar-refractivity contribution in [3.05, 3.63) is 53.1 Å². The highest BCUT2D eigenvalue weighted by Gasteiger charge is 2.49. The molecule has 0 N–H and O–H groups in total. The number of amides is 1. The third-order valence-corrected chi connectivity index (χ3v) is 7.56. The van der Waals surface area contributed by atoms with Gasteiger partial charge < -0.3 is 14.4 Å². The molecule has 30 heavy (non-hydrogen) atoms. The molecule has 2 aliphatic rings. The monoisotopic (exact) mass is 450 g/mol. The highest BCUT2D eigenvalue weighted by atomic mass is 35.5. The molecular weight excluding hydrogens is 428 g/mol. The van der Waals surface area contributed by atoms with Crippen LogP contribution in [0.4, 0.5) is 5.69 Å². The first-order chi connectivity index (χ1) is 14.3. The molecule has 2 atom stereocenters. The molecule has 0 bridgehead atoms. The summed E-state index contributed by atoms with van der Waals surface area (Å²) < 4.78 is 35.6. The van der Waals surface area contributed by atoms with E-state index in [2.05, 4.69) is 0 Å². The zero-order valence-corrected chi connectivity index (χ0v) is 18.3. The Kier molecular flexibility index (Phi) is 5.65. The van der Waals surface area contributed by atoms with Gasteiger partial charge in [-0.15, -0.1) is 0 Å². The highest BCUT2D eigenvalue weighted by molar-refractivity contribution is 7.91.